The van der Waals surface area contributed by atoms with Gasteiger partial charge in [0.15, 0.2) is 5.82 Å². The molecule has 33 heavy (non-hydrogen) atoms. The Morgan fingerprint density at radius 3 is 2.85 bits per heavy atom. The molecule has 0 saturated heterocycles. The minimum absolute atomic E-state index is 0.00507. The maximum Gasteiger partial charge on any atom is 0.366 e. The molecule has 4 heterocycles. The lowest BCUT2D eigenvalue weighted by molar-refractivity contribution is 0.217. The van der Waals surface area contributed by atoms with Crippen LogP contribution in [-0.4, -0.2) is 34.1 Å². The molecule has 0 amide bonds. The van der Waals surface area contributed by atoms with Gasteiger partial charge in [0.25, 0.3) is 5.88 Å². The molecule has 1 aliphatic rings. The number of fused-ring (bicyclic) bond motifs is 7. The third kappa shape index (κ3) is 3.07. The molecule has 3 aromatic heterocycles. The highest BCUT2D eigenvalue weighted by atomic mass is 19.1. The van der Waals surface area contributed by atoms with Crippen molar-refractivity contribution in [2.45, 2.75) is 19.6 Å². The zero-order valence-electron chi connectivity index (χ0n) is 17.5. The Kier molecular flexibility index (Phi) is 4.38. The van der Waals surface area contributed by atoms with Crippen LogP contribution in [0.4, 0.5) is 16.2 Å². The first-order valence-corrected chi connectivity index (χ1v) is 9.79. The minimum atomic E-state index is -0.767. The molecule has 0 spiro atoms. The van der Waals surface area contributed by atoms with E-state index in [0.717, 1.165) is 0 Å². The van der Waals surface area contributed by atoms with E-state index in [2.05, 4.69) is 26.1 Å². The number of benzene rings is 1. The number of nitrogens with two attached hydrogens (primary N) is 2. The molecule has 4 N–H and O–H groups in total. The summed E-state index contributed by atoms with van der Waals surface area (Å²) in [5, 5.41) is 14.1. The van der Waals surface area contributed by atoms with Gasteiger partial charge in [-0.15, -0.1) is 0 Å². The lowest BCUT2D eigenvalue weighted by Crippen LogP contribution is -2.26. The zero-order chi connectivity index (χ0) is 23.4. The van der Waals surface area contributed by atoms with Crippen LogP contribution in [0, 0.1) is 17.1 Å². The van der Waals surface area contributed by atoms with Crippen LogP contribution in [0.2, 0.25) is 0 Å². The lowest BCUT2D eigenvalue weighted by Gasteiger charge is -2.22. The van der Waals surface area contributed by atoms with E-state index in [0.29, 0.717) is 22.5 Å². The van der Waals surface area contributed by atoms with Gasteiger partial charge in [-0.25, -0.2) is 28.5 Å². The number of hydrogen-bond donors (Lipinski definition) is 2. The van der Waals surface area contributed by atoms with E-state index < -0.39 is 17.6 Å². The number of nitrogens with zero attached hydrogens (tertiary/aromatic N) is 8. The van der Waals surface area contributed by atoms with E-state index in [1.54, 1.807) is 14.0 Å². The smallest absolute Gasteiger partial charge is 0.366 e. The second kappa shape index (κ2) is 7.16. The Morgan fingerprint density at radius 2 is 2.09 bits per heavy atom. The van der Waals surface area contributed by atoms with Gasteiger partial charge in [0, 0.05) is 12.6 Å². The van der Waals surface area contributed by atoms with E-state index in [-0.39, 0.29) is 35.6 Å². The van der Waals surface area contributed by atoms with Crippen molar-refractivity contribution in [3.05, 3.63) is 57.6 Å². The average Bonchev–Trinajstić information content (AvgIpc) is 3.23. The Morgan fingerprint density at radius 1 is 1.30 bits per heavy atom. The quantitative estimate of drug-likeness (QED) is 0.397. The first-order chi connectivity index (χ1) is 15.8. The molecular weight excluding hydrogens is 431 g/mol. The van der Waals surface area contributed by atoms with Crippen molar-refractivity contribution in [3.8, 4) is 28.9 Å². The van der Waals surface area contributed by atoms with Crippen LogP contribution in [0.15, 0.2) is 29.2 Å². The molecule has 2 bridgehead atoms. The first kappa shape index (κ1) is 20.2. The zero-order valence-corrected chi connectivity index (χ0v) is 17.5. The number of hydrogen-bond acceptors (Lipinski definition) is 9. The highest BCUT2D eigenvalue weighted by molar-refractivity contribution is 5.69. The number of rotatable bonds is 0. The van der Waals surface area contributed by atoms with E-state index in [4.69, 9.17) is 16.2 Å². The molecule has 13 heteroatoms. The molecular formula is C20H17FN10O2. The normalized spacial score (nSPS) is 14.7. The maximum atomic E-state index is 14.2. The molecule has 4 aromatic rings. The van der Waals surface area contributed by atoms with E-state index >= 15 is 0 Å². The second-order valence-electron chi connectivity index (χ2n) is 7.44. The topological polar surface area (TPSA) is 168 Å². The summed E-state index contributed by atoms with van der Waals surface area (Å²) in [6, 6.07) is 6.07. The van der Waals surface area contributed by atoms with E-state index in [9.17, 15) is 14.4 Å². The van der Waals surface area contributed by atoms with Gasteiger partial charge in [0.1, 0.15) is 23.7 Å². The second-order valence-corrected chi connectivity index (χ2v) is 7.44. The molecule has 0 unspecified atom stereocenters. The number of aromatic nitrogens is 7. The molecule has 12 nitrogen and oxygen atoms in total. The number of ether oxygens (including phenoxy) is 1. The summed E-state index contributed by atoms with van der Waals surface area (Å²) in [5.74, 6) is -0.593. The minimum Gasteiger partial charge on any atom is -0.467 e. The van der Waals surface area contributed by atoms with Gasteiger partial charge < -0.3 is 16.2 Å². The predicted octanol–water partition coefficient (Wildman–Crippen LogP) is 0.901. The van der Waals surface area contributed by atoms with Gasteiger partial charge >= 0.3 is 5.69 Å². The van der Waals surface area contributed by atoms with Crippen LogP contribution in [0.1, 0.15) is 30.0 Å². The SMILES string of the molecule is C[C@H]1Oc2nc(cnc2N)-c2c(nn(C)c2C#N)Cn2c(=O)nc(N)n2-c2ccc(F)cc21. The van der Waals surface area contributed by atoms with Crippen LogP contribution in [0.5, 0.6) is 5.88 Å². The summed E-state index contributed by atoms with van der Waals surface area (Å²) < 4.78 is 24.2. The third-order valence-corrected chi connectivity index (χ3v) is 5.38. The van der Waals surface area contributed by atoms with Crippen LogP contribution in [-0.2, 0) is 13.6 Å². The van der Waals surface area contributed by atoms with Gasteiger partial charge in [-0.05, 0) is 25.1 Å². The fourth-order valence-electron chi connectivity index (χ4n) is 3.90. The van der Waals surface area contributed by atoms with Crippen LogP contribution < -0.4 is 21.9 Å². The number of aryl methyl sites for hydroxylation is 1. The molecule has 5 rings (SSSR count). The highest BCUT2D eigenvalue weighted by Crippen LogP contribution is 2.33. The van der Waals surface area contributed by atoms with Gasteiger partial charge in [-0.3, -0.25) is 4.68 Å². The standard InChI is InChI=1S/C20H17FN10O2/c1-9-11-5-10(21)3-4-14(11)31-19(24)27-20(32)30(31)8-13-16(15(6-22)29(2)28-13)12-7-25-17(23)18(26-12)33-9/h3-5,7,9H,8H2,1-2H3,(H2,23,25)(H2,24,27,32)/t9-/m1/s1. The molecule has 166 valence electrons. The van der Waals surface area contributed by atoms with E-state index in [1.807, 2.05) is 0 Å². The van der Waals surface area contributed by atoms with Gasteiger partial charge in [0.2, 0.25) is 5.95 Å². The van der Waals surface area contributed by atoms with Gasteiger partial charge in [-0.1, -0.05) is 0 Å². The Bertz CT molecular complexity index is 1530. The molecule has 1 aliphatic heterocycles. The molecule has 1 atom stereocenters. The predicted molar refractivity (Wildman–Crippen MR) is 114 cm³/mol. The van der Waals surface area contributed by atoms with Crippen LogP contribution in [0.25, 0.3) is 16.9 Å². The Hall–Kier alpha value is -4.73. The summed E-state index contributed by atoms with van der Waals surface area (Å²) in [4.78, 5) is 25.2. The van der Waals surface area contributed by atoms with Crippen molar-refractivity contribution in [3.63, 3.8) is 0 Å². The van der Waals surface area contributed by atoms with Gasteiger partial charge in [0.05, 0.1) is 35.4 Å². The third-order valence-electron chi connectivity index (χ3n) is 5.38. The maximum absolute atomic E-state index is 14.2. The monoisotopic (exact) mass is 448 g/mol. The highest BCUT2D eigenvalue weighted by Gasteiger charge is 2.27. The summed E-state index contributed by atoms with van der Waals surface area (Å²) in [7, 11) is 1.60. The molecule has 0 aliphatic carbocycles. The van der Waals surface area contributed by atoms with Crippen molar-refractivity contribution >= 4 is 11.8 Å². The van der Waals surface area contributed by atoms with Crippen molar-refractivity contribution in [2.75, 3.05) is 11.5 Å². The Balaban J connectivity index is 1.89. The molecule has 1 aromatic carbocycles. The summed E-state index contributed by atoms with van der Waals surface area (Å²) >= 11 is 0. The lowest BCUT2D eigenvalue weighted by atomic mass is 10.1. The average molecular weight is 448 g/mol. The largest absolute Gasteiger partial charge is 0.467 e. The molecule has 0 fully saturated rings. The van der Waals surface area contributed by atoms with Crippen molar-refractivity contribution in [1.29, 1.82) is 5.26 Å². The van der Waals surface area contributed by atoms with Gasteiger partial charge in [-0.2, -0.15) is 15.3 Å². The molecule has 0 radical (unpaired) electrons. The molecule has 0 saturated carbocycles. The number of nitriles is 1. The summed E-state index contributed by atoms with van der Waals surface area (Å²) in [6.45, 7) is 1.57. The van der Waals surface area contributed by atoms with Crippen molar-refractivity contribution in [1.82, 2.24) is 34.1 Å². The number of halogens is 1. The number of anilines is 2. The van der Waals surface area contributed by atoms with E-state index in [1.165, 1.54) is 38.4 Å². The van der Waals surface area contributed by atoms with Crippen molar-refractivity contribution < 1.29 is 9.13 Å². The van der Waals surface area contributed by atoms with Crippen molar-refractivity contribution in [2.24, 2.45) is 7.05 Å². The summed E-state index contributed by atoms with van der Waals surface area (Å²) in [6.07, 6.45) is 0.623. The fraction of sp³-hybridized carbons (Fsp3) is 0.200. The van der Waals surface area contributed by atoms with Crippen LogP contribution in [0.3, 0.4) is 0 Å². The number of nitrogen functional groups attached to an aromatic ring is 2. The first-order valence-electron chi connectivity index (χ1n) is 9.79. The van der Waals surface area contributed by atoms with Crippen LogP contribution >= 0.6 is 0 Å². The Labute approximate surface area is 185 Å². The summed E-state index contributed by atoms with van der Waals surface area (Å²) in [5.41, 5.74) is 13.4. The fourth-order valence-corrected chi connectivity index (χ4v) is 3.90.